The van der Waals surface area contributed by atoms with E-state index in [0.29, 0.717) is 6.04 Å². The van der Waals surface area contributed by atoms with Crippen molar-refractivity contribution in [3.05, 3.63) is 0 Å². The minimum atomic E-state index is 0.565. The van der Waals surface area contributed by atoms with Gasteiger partial charge in [0.05, 0.1) is 6.61 Å². The molecule has 1 aliphatic rings. The third-order valence-electron chi connectivity index (χ3n) is 3.32. The van der Waals surface area contributed by atoms with E-state index in [-0.39, 0.29) is 0 Å². The van der Waals surface area contributed by atoms with Crippen LogP contribution in [-0.2, 0) is 4.74 Å². The predicted octanol–water partition coefficient (Wildman–Crippen LogP) is 2.58. The smallest absolute Gasteiger partial charge is 0.0615 e. The normalized spacial score (nSPS) is 29.4. The molecule has 3 unspecified atom stereocenters. The van der Waals surface area contributed by atoms with Crippen molar-refractivity contribution in [2.24, 2.45) is 5.92 Å². The molecule has 1 fully saturated rings. The fourth-order valence-corrected chi connectivity index (χ4v) is 2.46. The fraction of sp³-hybridized carbons (Fsp3) is 1.00. The van der Waals surface area contributed by atoms with Gasteiger partial charge in [-0.15, -0.1) is 0 Å². The molecule has 1 saturated carbocycles. The lowest BCUT2D eigenvalue weighted by Gasteiger charge is -2.24. The highest BCUT2D eigenvalue weighted by molar-refractivity contribution is 4.83. The summed E-state index contributed by atoms with van der Waals surface area (Å²) in [6.07, 6.45) is 6.61. The third-order valence-corrected chi connectivity index (χ3v) is 3.32. The van der Waals surface area contributed by atoms with Crippen LogP contribution in [0.4, 0.5) is 0 Å². The van der Waals surface area contributed by atoms with Gasteiger partial charge in [-0.05, 0) is 25.2 Å². The van der Waals surface area contributed by atoms with Crippen LogP contribution in [-0.4, -0.2) is 25.8 Å². The largest absolute Gasteiger partial charge is 0.383 e. The number of rotatable bonds is 6. The van der Waals surface area contributed by atoms with Gasteiger partial charge in [-0.25, -0.2) is 0 Å². The molecule has 0 aromatic rings. The van der Waals surface area contributed by atoms with E-state index in [4.69, 9.17) is 4.74 Å². The van der Waals surface area contributed by atoms with Crippen LogP contribution >= 0.6 is 0 Å². The Hall–Kier alpha value is -0.0800. The van der Waals surface area contributed by atoms with Gasteiger partial charge in [0.15, 0.2) is 0 Å². The van der Waals surface area contributed by atoms with Crippen LogP contribution in [0, 0.1) is 5.92 Å². The lowest BCUT2D eigenvalue weighted by atomic mass is 10.0. The van der Waals surface area contributed by atoms with E-state index < -0.39 is 0 Å². The Balaban J connectivity index is 2.29. The third kappa shape index (κ3) is 3.58. The highest BCUT2D eigenvalue weighted by Gasteiger charge is 2.25. The molecule has 1 aliphatic carbocycles. The number of hydrogen-bond acceptors (Lipinski definition) is 2. The van der Waals surface area contributed by atoms with Crippen LogP contribution in [0.25, 0.3) is 0 Å². The zero-order valence-corrected chi connectivity index (χ0v) is 9.88. The summed E-state index contributed by atoms with van der Waals surface area (Å²) in [6, 6.07) is 1.30. The molecule has 84 valence electrons. The summed E-state index contributed by atoms with van der Waals surface area (Å²) in [5, 5.41) is 3.74. The van der Waals surface area contributed by atoms with Crippen LogP contribution in [0.2, 0.25) is 0 Å². The van der Waals surface area contributed by atoms with Gasteiger partial charge >= 0.3 is 0 Å². The van der Waals surface area contributed by atoms with Crippen LogP contribution in [0.3, 0.4) is 0 Å². The van der Waals surface area contributed by atoms with Crippen molar-refractivity contribution in [3.8, 4) is 0 Å². The summed E-state index contributed by atoms with van der Waals surface area (Å²) >= 11 is 0. The van der Waals surface area contributed by atoms with Gasteiger partial charge in [-0.2, -0.15) is 0 Å². The molecule has 2 nitrogen and oxygen atoms in total. The van der Waals surface area contributed by atoms with E-state index in [1.54, 1.807) is 7.11 Å². The predicted molar refractivity (Wildman–Crippen MR) is 60.5 cm³/mol. The molecule has 0 spiro atoms. The van der Waals surface area contributed by atoms with Gasteiger partial charge in [-0.1, -0.05) is 26.7 Å². The summed E-state index contributed by atoms with van der Waals surface area (Å²) in [5.74, 6) is 0.853. The van der Waals surface area contributed by atoms with Crippen molar-refractivity contribution in [3.63, 3.8) is 0 Å². The van der Waals surface area contributed by atoms with Crippen molar-refractivity contribution < 1.29 is 4.74 Å². The number of methoxy groups -OCH3 is 1. The Kier molecular flexibility index (Phi) is 5.49. The molecule has 2 heteroatoms. The maximum absolute atomic E-state index is 5.24. The van der Waals surface area contributed by atoms with Crippen molar-refractivity contribution >= 4 is 0 Å². The molecule has 1 N–H and O–H groups in total. The second-order valence-corrected chi connectivity index (χ2v) is 4.62. The first kappa shape index (κ1) is 12.0. The van der Waals surface area contributed by atoms with Crippen molar-refractivity contribution in [1.82, 2.24) is 5.32 Å². The lowest BCUT2D eigenvalue weighted by molar-refractivity contribution is 0.152. The van der Waals surface area contributed by atoms with Crippen LogP contribution in [0.1, 0.15) is 46.0 Å². The van der Waals surface area contributed by atoms with E-state index in [1.807, 2.05) is 0 Å². The number of nitrogens with one attached hydrogen (secondary N) is 1. The monoisotopic (exact) mass is 199 g/mol. The first-order chi connectivity index (χ1) is 6.77. The Labute approximate surface area is 88.4 Å². The standard InChI is InChI=1S/C12H25NO/c1-4-6-11(9-14-3)13-12-8-5-7-10(12)2/h10-13H,4-9H2,1-3H3. The Morgan fingerprint density at radius 3 is 2.71 bits per heavy atom. The Morgan fingerprint density at radius 1 is 1.43 bits per heavy atom. The molecule has 0 aromatic carbocycles. The molecule has 0 saturated heterocycles. The highest BCUT2D eigenvalue weighted by atomic mass is 16.5. The average molecular weight is 199 g/mol. The lowest BCUT2D eigenvalue weighted by Crippen LogP contribution is -2.42. The van der Waals surface area contributed by atoms with Crippen LogP contribution in [0.5, 0.6) is 0 Å². The van der Waals surface area contributed by atoms with Gasteiger partial charge in [-0.3, -0.25) is 0 Å². The molecule has 3 atom stereocenters. The van der Waals surface area contributed by atoms with Gasteiger partial charge < -0.3 is 10.1 Å². The molecule has 1 rings (SSSR count). The molecule has 0 heterocycles. The minimum Gasteiger partial charge on any atom is -0.383 e. The summed E-state index contributed by atoms with van der Waals surface area (Å²) in [7, 11) is 1.79. The van der Waals surface area contributed by atoms with E-state index in [9.17, 15) is 0 Å². The zero-order chi connectivity index (χ0) is 10.4. The van der Waals surface area contributed by atoms with E-state index in [1.165, 1.54) is 32.1 Å². The molecule has 14 heavy (non-hydrogen) atoms. The van der Waals surface area contributed by atoms with Gasteiger partial charge in [0.1, 0.15) is 0 Å². The number of hydrogen-bond donors (Lipinski definition) is 1. The quantitative estimate of drug-likeness (QED) is 0.710. The Morgan fingerprint density at radius 2 is 2.21 bits per heavy atom. The first-order valence-electron chi connectivity index (χ1n) is 6.03. The Bertz CT molecular complexity index is 143. The van der Waals surface area contributed by atoms with Crippen molar-refractivity contribution in [1.29, 1.82) is 0 Å². The second-order valence-electron chi connectivity index (χ2n) is 4.62. The first-order valence-corrected chi connectivity index (χ1v) is 6.03. The van der Waals surface area contributed by atoms with E-state index >= 15 is 0 Å². The SMILES string of the molecule is CCCC(COC)NC1CCCC1C. The van der Waals surface area contributed by atoms with Crippen LogP contribution in [0.15, 0.2) is 0 Å². The van der Waals surface area contributed by atoms with Crippen LogP contribution < -0.4 is 5.32 Å². The van der Waals surface area contributed by atoms with Gasteiger partial charge in [0.2, 0.25) is 0 Å². The minimum absolute atomic E-state index is 0.565. The maximum atomic E-state index is 5.24. The van der Waals surface area contributed by atoms with Gasteiger partial charge in [0, 0.05) is 19.2 Å². The molecule has 0 aliphatic heterocycles. The summed E-state index contributed by atoms with van der Waals surface area (Å²) in [4.78, 5) is 0. The molecule has 0 aromatic heterocycles. The molecule has 0 radical (unpaired) electrons. The second kappa shape index (κ2) is 6.41. The van der Waals surface area contributed by atoms with E-state index in [2.05, 4.69) is 19.2 Å². The fourth-order valence-electron chi connectivity index (χ4n) is 2.46. The molecular weight excluding hydrogens is 174 g/mol. The summed E-state index contributed by atoms with van der Waals surface area (Å²) in [5.41, 5.74) is 0. The molecule has 0 bridgehead atoms. The van der Waals surface area contributed by atoms with Gasteiger partial charge in [0.25, 0.3) is 0 Å². The number of ether oxygens (including phenoxy) is 1. The average Bonchev–Trinajstić information content (AvgIpc) is 2.53. The maximum Gasteiger partial charge on any atom is 0.0615 e. The summed E-state index contributed by atoms with van der Waals surface area (Å²) < 4.78 is 5.24. The molecular formula is C12H25NO. The van der Waals surface area contributed by atoms with Crippen molar-refractivity contribution in [2.75, 3.05) is 13.7 Å². The topological polar surface area (TPSA) is 21.3 Å². The zero-order valence-electron chi connectivity index (χ0n) is 9.88. The highest BCUT2D eigenvalue weighted by Crippen LogP contribution is 2.25. The summed E-state index contributed by atoms with van der Waals surface area (Å²) in [6.45, 7) is 5.46. The van der Waals surface area contributed by atoms with E-state index in [0.717, 1.165) is 18.6 Å². The molecule has 0 amide bonds. The van der Waals surface area contributed by atoms with Crippen molar-refractivity contribution in [2.45, 2.75) is 58.0 Å².